The summed E-state index contributed by atoms with van der Waals surface area (Å²) in [7, 11) is 2.08. The van der Waals surface area contributed by atoms with E-state index in [2.05, 4.69) is 32.7 Å². The normalized spacial score (nSPS) is 16.4. The van der Waals surface area contributed by atoms with E-state index < -0.39 is 0 Å². The van der Waals surface area contributed by atoms with Crippen LogP contribution in [0, 0.1) is 5.92 Å². The first kappa shape index (κ1) is 22.8. The van der Waals surface area contributed by atoms with Crippen LogP contribution in [0.5, 0.6) is 0 Å². The Morgan fingerprint density at radius 1 is 1.10 bits per heavy atom. The largest absolute Gasteiger partial charge is 0.339 e. The van der Waals surface area contributed by atoms with Crippen molar-refractivity contribution >= 4 is 28.6 Å². The second-order valence-corrected chi connectivity index (χ2v) is 9.68. The molecule has 0 N–H and O–H groups in total. The van der Waals surface area contributed by atoms with Crippen LogP contribution in [0.25, 0.3) is 10.9 Å². The lowest BCUT2D eigenvalue weighted by Crippen LogP contribution is -2.47. The third-order valence-corrected chi connectivity index (χ3v) is 6.74. The van der Waals surface area contributed by atoms with Gasteiger partial charge in [-0.15, -0.1) is 0 Å². The van der Waals surface area contributed by atoms with Crippen LogP contribution < -0.4 is 5.56 Å². The molecule has 2 aromatic rings. The van der Waals surface area contributed by atoms with Gasteiger partial charge >= 0.3 is 0 Å². The van der Waals surface area contributed by atoms with E-state index in [-0.39, 0.29) is 17.5 Å². The Kier molecular flexibility index (Phi) is 7.94. The van der Waals surface area contributed by atoms with Crippen LogP contribution in [-0.2, 0) is 4.79 Å². The number of nitrogens with zero attached hydrogens (tertiary/aromatic N) is 4. The zero-order valence-corrected chi connectivity index (χ0v) is 19.5. The standard InChI is InChI=1S/C23H34N4O2S/c1-17(2)8-7-9-18(3)27-22(29)19-10-5-6-11-20(19)24-23(27)30-16-21(28)26-14-12-25(4)13-15-26/h5-6,10-11,17-18H,7-9,12-16H2,1-4H3. The van der Waals surface area contributed by atoms with Gasteiger partial charge in [-0.05, 0) is 38.4 Å². The van der Waals surface area contributed by atoms with E-state index in [1.54, 1.807) is 0 Å². The molecular weight excluding hydrogens is 396 g/mol. The number of rotatable bonds is 8. The summed E-state index contributed by atoms with van der Waals surface area (Å²) < 4.78 is 1.81. The molecule has 1 aromatic carbocycles. The molecule has 30 heavy (non-hydrogen) atoms. The predicted octanol–water partition coefficient (Wildman–Crippen LogP) is 3.65. The molecule has 1 aliphatic rings. The summed E-state index contributed by atoms with van der Waals surface area (Å²) in [5.74, 6) is 1.08. The summed E-state index contributed by atoms with van der Waals surface area (Å²) in [6.07, 6.45) is 3.14. The average Bonchev–Trinajstić information content (AvgIpc) is 2.72. The number of thioether (sulfide) groups is 1. The topological polar surface area (TPSA) is 58.4 Å². The number of hydrogen-bond donors (Lipinski definition) is 0. The first-order valence-corrected chi connectivity index (χ1v) is 12.0. The summed E-state index contributed by atoms with van der Waals surface area (Å²) in [4.78, 5) is 34.9. The highest BCUT2D eigenvalue weighted by atomic mass is 32.2. The first-order valence-electron chi connectivity index (χ1n) is 11.0. The summed E-state index contributed by atoms with van der Waals surface area (Å²) in [5.41, 5.74) is 0.690. The molecule has 0 aliphatic carbocycles. The Morgan fingerprint density at radius 3 is 2.50 bits per heavy atom. The van der Waals surface area contributed by atoms with E-state index >= 15 is 0 Å². The maximum Gasteiger partial charge on any atom is 0.262 e. The van der Waals surface area contributed by atoms with Crippen LogP contribution in [0.1, 0.15) is 46.1 Å². The molecule has 1 atom stereocenters. The third-order valence-electron chi connectivity index (χ3n) is 5.80. The van der Waals surface area contributed by atoms with Crippen LogP contribution in [-0.4, -0.2) is 64.2 Å². The maximum atomic E-state index is 13.3. The molecule has 3 rings (SSSR count). The van der Waals surface area contributed by atoms with Crippen molar-refractivity contribution in [3.8, 4) is 0 Å². The van der Waals surface area contributed by atoms with E-state index in [0.29, 0.717) is 27.7 Å². The number of carbonyl (C=O) groups is 1. The monoisotopic (exact) mass is 430 g/mol. The van der Waals surface area contributed by atoms with Crippen molar-refractivity contribution in [2.75, 3.05) is 39.0 Å². The Bertz CT molecular complexity index is 919. The molecule has 2 heterocycles. The lowest BCUT2D eigenvalue weighted by molar-refractivity contribution is -0.129. The van der Waals surface area contributed by atoms with Gasteiger partial charge in [-0.1, -0.05) is 50.6 Å². The van der Waals surface area contributed by atoms with E-state index in [0.717, 1.165) is 45.4 Å². The molecule has 7 heteroatoms. The van der Waals surface area contributed by atoms with Crippen LogP contribution in [0.15, 0.2) is 34.2 Å². The number of hydrogen-bond acceptors (Lipinski definition) is 5. The molecule has 6 nitrogen and oxygen atoms in total. The van der Waals surface area contributed by atoms with Crippen molar-refractivity contribution in [1.29, 1.82) is 0 Å². The minimum atomic E-state index is -0.00723. The quantitative estimate of drug-likeness (QED) is 0.473. The number of fused-ring (bicyclic) bond motifs is 1. The van der Waals surface area contributed by atoms with Gasteiger partial charge in [0.2, 0.25) is 5.91 Å². The molecule has 0 bridgehead atoms. The van der Waals surface area contributed by atoms with Gasteiger partial charge in [-0.25, -0.2) is 4.98 Å². The van der Waals surface area contributed by atoms with Crippen molar-refractivity contribution in [3.05, 3.63) is 34.6 Å². The summed E-state index contributed by atoms with van der Waals surface area (Å²) in [5, 5.41) is 1.29. The number of piperazine rings is 1. The molecule has 0 radical (unpaired) electrons. The molecule has 1 aliphatic heterocycles. The van der Waals surface area contributed by atoms with Crippen molar-refractivity contribution in [2.45, 2.75) is 51.2 Å². The SMILES string of the molecule is CC(C)CCCC(C)n1c(SCC(=O)N2CCN(C)CC2)nc2ccccc2c1=O. The van der Waals surface area contributed by atoms with E-state index in [1.165, 1.54) is 11.8 Å². The van der Waals surface area contributed by atoms with Crippen LogP contribution in [0.2, 0.25) is 0 Å². The number of likely N-dealkylation sites (N-methyl/N-ethyl adjacent to an activating group) is 1. The minimum absolute atomic E-state index is 0.00723. The lowest BCUT2D eigenvalue weighted by atomic mass is 10.0. The van der Waals surface area contributed by atoms with Crippen LogP contribution in [0.4, 0.5) is 0 Å². The highest BCUT2D eigenvalue weighted by Gasteiger charge is 2.21. The molecular formula is C23H34N4O2S. The van der Waals surface area contributed by atoms with E-state index in [4.69, 9.17) is 4.98 Å². The van der Waals surface area contributed by atoms with Gasteiger partial charge < -0.3 is 9.80 Å². The number of para-hydroxylation sites is 1. The zero-order chi connectivity index (χ0) is 21.7. The first-order chi connectivity index (χ1) is 14.4. The van der Waals surface area contributed by atoms with E-state index in [1.807, 2.05) is 33.7 Å². The van der Waals surface area contributed by atoms with Crippen molar-refractivity contribution in [1.82, 2.24) is 19.4 Å². The Morgan fingerprint density at radius 2 is 1.80 bits per heavy atom. The second kappa shape index (κ2) is 10.4. The molecule has 1 aromatic heterocycles. The second-order valence-electron chi connectivity index (χ2n) is 8.73. The van der Waals surface area contributed by atoms with Crippen LogP contribution >= 0.6 is 11.8 Å². The Hall–Kier alpha value is -1.86. The number of aromatic nitrogens is 2. The fourth-order valence-corrected chi connectivity index (χ4v) is 4.84. The van der Waals surface area contributed by atoms with Crippen LogP contribution in [0.3, 0.4) is 0 Å². The Balaban J connectivity index is 1.81. The van der Waals surface area contributed by atoms with Gasteiger partial charge in [0.1, 0.15) is 0 Å². The molecule has 1 fully saturated rings. The fraction of sp³-hybridized carbons (Fsp3) is 0.609. The number of benzene rings is 1. The number of carbonyl (C=O) groups excluding carboxylic acids is 1. The van der Waals surface area contributed by atoms with E-state index in [9.17, 15) is 9.59 Å². The van der Waals surface area contributed by atoms with Crippen molar-refractivity contribution < 1.29 is 4.79 Å². The predicted molar refractivity (Wildman–Crippen MR) is 124 cm³/mol. The zero-order valence-electron chi connectivity index (χ0n) is 18.6. The third kappa shape index (κ3) is 5.64. The molecule has 1 saturated heterocycles. The fourth-order valence-electron chi connectivity index (χ4n) is 3.84. The molecule has 0 saturated carbocycles. The van der Waals surface area contributed by atoms with Gasteiger partial charge in [0, 0.05) is 32.2 Å². The highest BCUT2D eigenvalue weighted by molar-refractivity contribution is 7.99. The molecule has 1 unspecified atom stereocenters. The molecule has 164 valence electrons. The summed E-state index contributed by atoms with van der Waals surface area (Å²) in [6, 6.07) is 7.54. The average molecular weight is 431 g/mol. The van der Waals surface area contributed by atoms with Gasteiger partial charge in [-0.2, -0.15) is 0 Å². The lowest BCUT2D eigenvalue weighted by Gasteiger charge is -2.32. The maximum absolute atomic E-state index is 13.3. The van der Waals surface area contributed by atoms with Gasteiger partial charge in [0.05, 0.1) is 16.7 Å². The highest BCUT2D eigenvalue weighted by Crippen LogP contribution is 2.24. The van der Waals surface area contributed by atoms with Gasteiger partial charge in [0.15, 0.2) is 5.16 Å². The van der Waals surface area contributed by atoms with Gasteiger partial charge in [-0.3, -0.25) is 14.2 Å². The van der Waals surface area contributed by atoms with Crippen molar-refractivity contribution in [2.24, 2.45) is 5.92 Å². The summed E-state index contributed by atoms with van der Waals surface area (Å²) >= 11 is 1.39. The Labute approximate surface area is 183 Å². The minimum Gasteiger partial charge on any atom is -0.339 e. The molecule has 0 spiro atoms. The summed E-state index contributed by atoms with van der Waals surface area (Å²) in [6.45, 7) is 9.87. The van der Waals surface area contributed by atoms with Crippen molar-refractivity contribution in [3.63, 3.8) is 0 Å². The number of amides is 1. The molecule has 1 amide bonds. The smallest absolute Gasteiger partial charge is 0.262 e. The van der Waals surface area contributed by atoms with Gasteiger partial charge in [0.25, 0.3) is 5.56 Å².